The van der Waals surface area contributed by atoms with E-state index in [1.54, 1.807) is 12.0 Å². The molecular weight excluding hydrogens is 194 g/mol. The highest BCUT2D eigenvalue weighted by atomic mass is 16.5. The summed E-state index contributed by atoms with van der Waals surface area (Å²) in [7, 11) is 3.48. The molecule has 1 N–H and O–H groups in total. The van der Waals surface area contributed by atoms with Crippen LogP contribution in [0, 0.1) is 0 Å². The Hall–Kier alpha value is -0.810. The topological polar surface area (TPSA) is 44.8 Å². The number of piperazine rings is 1. The number of rotatable bonds is 3. The fourth-order valence-electron chi connectivity index (χ4n) is 1.62. The van der Waals surface area contributed by atoms with Crippen LogP contribution in [-0.4, -0.2) is 68.8 Å². The Balaban J connectivity index is 2.43. The molecule has 1 unspecified atom stereocenters. The molecule has 5 nitrogen and oxygen atoms in total. The van der Waals surface area contributed by atoms with Crippen molar-refractivity contribution in [1.29, 1.82) is 0 Å². The first-order valence-electron chi connectivity index (χ1n) is 5.38. The van der Waals surface area contributed by atoms with Gasteiger partial charge in [0.2, 0.25) is 0 Å². The van der Waals surface area contributed by atoms with Gasteiger partial charge in [0.25, 0.3) is 0 Å². The molecule has 1 rings (SSSR count). The summed E-state index contributed by atoms with van der Waals surface area (Å²) in [5.41, 5.74) is 0. The van der Waals surface area contributed by atoms with Crippen molar-refractivity contribution in [3.05, 3.63) is 0 Å². The quantitative estimate of drug-likeness (QED) is 0.719. The first-order valence-corrected chi connectivity index (χ1v) is 5.38. The Kier molecular flexibility index (Phi) is 4.84. The summed E-state index contributed by atoms with van der Waals surface area (Å²) in [6, 6.07) is 0.221. The fourth-order valence-corrected chi connectivity index (χ4v) is 1.62. The molecule has 88 valence electrons. The smallest absolute Gasteiger partial charge is 0.320 e. The molecule has 0 aromatic heterocycles. The zero-order valence-corrected chi connectivity index (χ0v) is 9.82. The van der Waals surface area contributed by atoms with Crippen molar-refractivity contribution in [2.75, 3.05) is 46.9 Å². The van der Waals surface area contributed by atoms with Crippen molar-refractivity contribution in [1.82, 2.24) is 15.1 Å². The lowest BCUT2D eigenvalue weighted by molar-refractivity contribution is 0.102. The maximum atomic E-state index is 12.0. The lowest BCUT2D eigenvalue weighted by atomic mass is 10.3. The first kappa shape index (κ1) is 12.3. The molecule has 0 spiro atoms. The molecule has 2 amide bonds. The van der Waals surface area contributed by atoms with Gasteiger partial charge in [0.1, 0.15) is 0 Å². The molecule has 0 aromatic carbocycles. The monoisotopic (exact) mass is 215 g/mol. The third-order valence-corrected chi connectivity index (χ3v) is 2.76. The molecule has 1 saturated heterocycles. The zero-order valence-electron chi connectivity index (χ0n) is 9.82. The highest BCUT2D eigenvalue weighted by Gasteiger charge is 2.22. The van der Waals surface area contributed by atoms with Crippen molar-refractivity contribution >= 4 is 6.03 Å². The van der Waals surface area contributed by atoms with E-state index in [1.165, 1.54) is 0 Å². The molecule has 1 aliphatic rings. The maximum Gasteiger partial charge on any atom is 0.320 e. The van der Waals surface area contributed by atoms with Crippen LogP contribution in [0.4, 0.5) is 4.79 Å². The van der Waals surface area contributed by atoms with Crippen LogP contribution in [0.1, 0.15) is 6.92 Å². The Morgan fingerprint density at radius 1 is 1.53 bits per heavy atom. The van der Waals surface area contributed by atoms with Gasteiger partial charge in [0, 0.05) is 40.3 Å². The Morgan fingerprint density at radius 3 is 2.67 bits per heavy atom. The zero-order chi connectivity index (χ0) is 11.3. The molecule has 1 fully saturated rings. The Labute approximate surface area is 91.4 Å². The summed E-state index contributed by atoms with van der Waals surface area (Å²) in [6.45, 7) is 5.93. The van der Waals surface area contributed by atoms with Crippen molar-refractivity contribution < 1.29 is 9.53 Å². The lowest BCUT2D eigenvalue weighted by Crippen LogP contribution is -2.52. The van der Waals surface area contributed by atoms with Crippen molar-refractivity contribution in [3.8, 4) is 0 Å². The minimum absolute atomic E-state index is 0.0982. The second-order valence-electron chi connectivity index (χ2n) is 3.93. The normalized spacial score (nSPS) is 18.7. The molecule has 0 radical (unpaired) electrons. The second-order valence-corrected chi connectivity index (χ2v) is 3.93. The molecule has 0 saturated carbocycles. The number of carbonyl (C=O) groups is 1. The number of likely N-dealkylation sites (N-methyl/N-ethyl adjacent to an activating group) is 1. The van der Waals surface area contributed by atoms with Gasteiger partial charge in [-0.1, -0.05) is 0 Å². The average Bonchev–Trinajstić information content (AvgIpc) is 2.28. The number of urea groups is 1. The lowest BCUT2D eigenvalue weighted by Gasteiger charge is -2.34. The van der Waals surface area contributed by atoms with E-state index in [4.69, 9.17) is 4.74 Å². The summed E-state index contributed by atoms with van der Waals surface area (Å²) >= 11 is 0. The molecule has 5 heteroatoms. The van der Waals surface area contributed by atoms with Gasteiger partial charge < -0.3 is 19.9 Å². The Bertz CT molecular complexity index is 205. The van der Waals surface area contributed by atoms with Crippen LogP contribution in [-0.2, 0) is 4.74 Å². The number of carbonyl (C=O) groups excluding carboxylic acids is 1. The fraction of sp³-hybridized carbons (Fsp3) is 0.900. The summed E-state index contributed by atoms with van der Waals surface area (Å²) in [5.74, 6) is 0. The predicted octanol–water partition coefficient (Wildman–Crippen LogP) is -0.0217. The van der Waals surface area contributed by atoms with Gasteiger partial charge in [-0.25, -0.2) is 4.79 Å². The minimum atomic E-state index is 0.0982. The van der Waals surface area contributed by atoms with Gasteiger partial charge in [0.15, 0.2) is 0 Å². The highest BCUT2D eigenvalue weighted by Crippen LogP contribution is 2.03. The van der Waals surface area contributed by atoms with E-state index in [-0.39, 0.29) is 12.1 Å². The Morgan fingerprint density at radius 2 is 2.13 bits per heavy atom. The molecule has 1 aliphatic heterocycles. The largest absolute Gasteiger partial charge is 0.383 e. The number of nitrogens with one attached hydrogen (secondary N) is 1. The third-order valence-electron chi connectivity index (χ3n) is 2.76. The van der Waals surface area contributed by atoms with Crippen molar-refractivity contribution in [3.63, 3.8) is 0 Å². The molecule has 1 heterocycles. The number of nitrogens with zero attached hydrogens (tertiary/aromatic N) is 2. The van der Waals surface area contributed by atoms with Crippen LogP contribution in [0.2, 0.25) is 0 Å². The van der Waals surface area contributed by atoms with Crippen molar-refractivity contribution in [2.24, 2.45) is 0 Å². The van der Waals surface area contributed by atoms with Crippen LogP contribution in [0.25, 0.3) is 0 Å². The van der Waals surface area contributed by atoms with E-state index in [0.717, 1.165) is 26.2 Å². The summed E-state index contributed by atoms with van der Waals surface area (Å²) in [4.78, 5) is 15.6. The third kappa shape index (κ3) is 3.35. The summed E-state index contributed by atoms with van der Waals surface area (Å²) in [5, 5.41) is 3.23. The van der Waals surface area contributed by atoms with Crippen LogP contribution < -0.4 is 5.32 Å². The second kappa shape index (κ2) is 5.92. The van der Waals surface area contributed by atoms with E-state index in [0.29, 0.717) is 6.61 Å². The number of amides is 2. The molecule has 0 aromatic rings. The van der Waals surface area contributed by atoms with Crippen LogP contribution in [0.5, 0.6) is 0 Å². The molecule has 15 heavy (non-hydrogen) atoms. The van der Waals surface area contributed by atoms with E-state index < -0.39 is 0 Å². The maximum absolute atomic E-state index is 12.0. The summed E-state index contributed by atoms with van der Waals surface area (Å²) in [6.07, 6.45) is 0. The molecule has 0 aliphatic carbocycles. The molecule has 0 bridgehead atoms. The van der Waals surface area contributed by atoms with Gasteiger partial charge >= 0.3 is 6.03 Å². The van der Waals surface area contributed by atoms with E-state index in [2.05, 4.69) is 5.32 Å². The summed E-state index contributed by atoms with van der Waals surface area (Å²) < 4.78 is 5.04. The minimum Gasteiger partial charge on any atom is -0.383 e. The number of ether oxygens (including phenoxy) is 1. The number of hydrogen-bond donors (Lipinski definition) is 1. The SMILES string of the molecule is COCC(C)N(C)C(=O)N1CCNCC1. The van der Waals surface area contributed by atoms with Gasteiger partial charge in [-0.3, -0.25) is 0 Å². The van der Waals surface area contributed by atoms with E-state index in [9.17, 15) is 4.79 Å². The van der Waals surface area contributed by atoms with Gasteiger partial charge in [0.05, 0.1) is 12.6 Å². The van der Waals surface area contributed by atoms with Crippen molar-refractivity contribution in [2.45, 2.75) is 13.0 Å². The molecular formula is C10H21N3O2. The highest BCUT2D eigenvalue weighted by molar-refractivity contribution is 5.74. The predicted molar refractivity (Wildman–Crippen MR) is 58.9 cm³/mol. The van der Waals surface area contributed by atoms with Crippen LogP contribution in [0.15, 0.2) is 0 Å². The van der Waals surface area contributed by atoms with Gasteiger partial charge in [-0.05, 0) is 6.92 Å². The van der Waals surface area contributed by atoms with E-state index in [1.807, 2.05) is 18.9 Å². The standard InChI is InChI=1S/C10H21N3O2/c1-9(8-15-3)12(2)10(14)13-6-4-11-5-7-13/h9,11H,4-8H2,1-3H3. The number of methoxy groups -OCH3 is 1. The van der Waals surface area contributed by atoms with Crippen LogP contribution in [0.3, 0.4) is 0 Å². The first-order chi connectivity index (χ1) is 7.16. The van der Waals surface area contributed by atoms with E-state index >= 15 is 0 Å². The molecule has 1 atom stereocenters. The van der Waals surface area contributed by atoms with Gasteiger partial charge in [-0.2, -0.15) is 0 Å². The van der Waals surface area contributed by atoms with Crippen LogP contribution >= 0.6 is 0 Å². The van der Waals surface area contributed by atoms with Gasteiger partial charge in [-0.15, -0.1) is 0 Å². The number of hydrogen-bond acceptors (Lipinski definition) is 3. The average molecular weight is 215 g/mol.